The molecule has 0 saturated heterocycles. The first-order valence-electron chi connectivity index (χ1n) is 7.50. The second-order valence-corrected chi connectivity index (χ2v) is 8.23. The van der Waals surface area contributed by atoms with E-state index in [1.54, 1.807) is 41.7 Å². The number of rotatable bonds is 4. The molecule has 2 N–H and O–H groups in total. The SMILES string of the molecule is CNc1nc(NC(=O)c2ccc(Cl)cc2)ccc1-c1sc(Br)cc1C. The molecular formula is C18H15BrClN3OS. The van der Waals surface area contributed by atoms with Crippen molar-refractivity contribution in [3.63, 3.8) is 0 Å². The van der Waals surface area contributed by atoms with Crippen LogP contribution in [0.1, 0.15) is 15.9 Å². The molecule has 0 radical (unpaired) electrons. The molecule has 25 heavy (non-hydrogen) atoms. The predicted molar refractivity (Wildman–Crippen MR) is 109 cm³/mol. The van der Waals surface area contributed by atoms with Crippen LogP contribution < -0.4 is 10.6 Å². The summed E-state index contributed by atoms with van der Waals surface area (Å²) < 4.78 is 1.07. The summed E-state index contributed by atoms with van der Waals surface area (Å²) in [7, 11) is 1.81. The second kappa shape index (κ2) is 7.56. The lowest BCUT2D eigenvalue weighted by molar-refractivity contribution is 0.102. The number of hydrogen-bond acceptors (Lipinski definition) is 4. The van der Waals surface area contributed by atoms with Gasteiger partial charge in [0.2, 0.25) is 0 Å². The molecule has 2 aromatic heterocycles. The van der Waals surface area contributed by atoms with Crippen LogP contribution in [0.4, 0.5) is 11.6 Å². The molecular weight excluding hydrogens is 422 g/mol. The van der Waals surface area contributed by atoms with Crippen LogP contribution in [0.3, 0.4) is 0 Å². The molecule has 1 amide bonds. The molecule has 0 bridgehead atoms. The van der Waals surface area contributed by atoms with E-state index in [4.69, 9.17) is 11.6 Å². The van der Waals surface area contributed by atoms with Crippen LogP contribution in [-0.2, 0) is 0 Å². The number of pyridine rings is 1. The van der Waals surface area contributed by atoms with E-state index in [9.17, 15) is 4.79 Å². The third-order valence-corrected chi connectivity index (χ3v) is 5.64. The molecule has 0 atom stereocenters. The minimum atomic E-state index is -0.228. The van der Waals surface area contributed by atoms with Gasteiger partial charge in [0.1, 0.15) is 11.6 Å². The first-order chi connectivity index (χ1) is 12.0. The number of carbonyl (C=O) groups excluding carboxylic acids is 1. The van der Waals surface area contributed by atoms with Gasteiger partial charge in [-0.05, 0) is 70.9 Å². The Kier molecular flexibility index (Phi) is 5.42. The molecule has 128 valence electrons. The smallest absolute Gasteiger partial charge is 0.256 e. The lowest BCUT2D eigenvalue weighted by Crippen LogP contribution is -2.13. The maximum Gasteiger partial charge on any atom is 0.256 e. The van der Waals surface area contributed by atoms with Crippen LogP contribution in [0, 0.1) is 6.92 Å². The van der Waals surface area contributed by atoms with Gasteiger partial charge in [-0.15, -0.1) is 11.3 Å². The van der Waals surface area contributed by atoms with Crippen molar-refractivity contribution in [1.82, 2.24) is 4.98 Å². The third-order valence-electron chi connectivity index (χ3n) is 3.61. The van der Waals surface area contributed by atoms with Crippen LogP contribution >= 0.6 is 38.9 Å². The van der Waals surface area contributed by atoms with Crippen molar-refractivity contribution in [2.24, 2.45) is 0 Å². The number of nitrogens with zero attached hydrogens (tertiary/aromatic N) is 1. The Labute approximate surface area is 163 Å². The fraction of sp³-hybridized carbons (Fsp3) is 0.111. The molecule has 4 nitrogen and oxygen atoms in total. The number of aryl methyl sites for hydroxylation is 1. The van der Waals surface area contributed by atoms with Crippen molar-refractivity contribution in [3.05, 3.63) is 62.4 Å². The molecule has 7 heteroatoms. The van der Waals surface area contributed by atoms with E-state index < -0.39 is 0 Å². The van der Waals surface area contributed by atoms with Crippen molar-refractivity contribution in [3.8, 4) is 10.4 Å². The molecule has 1 aromatic carbocycles. The highest BCUT2D eigenvalue weighted by Crippen LogP contribution is 2.38. The lowest BCUT2D eigenvalue weighted by Gasteiger charge is -2.11. The highest BCUT2D eigenvalue weighted by Gasteiger charge is 2.14. The van der Waals surface area contributed by atoms with E-state index in [1.165, 1.54) is 5.56 Å². The number of carbonyl (C=O) groups is 1. The van der Waals surface area contributed by atoms with E-state index in [1.807, 2.05) is 13.1 Å². The number of halogens is 2. The Hall–Kier alpha value is -1.89. The molecule has 0 unspecified atom stereocenters. The minimum absolute atomic E-state index is 0.228. The molecule has 0 aliphatic carbocycles. The summed E-state index contributed by atoms with van der Waals surface area (Å²) in [6.07, 6.45) is 0. The summed E-state index contributed by atoms with van der Waals surface area (Å²) in [5, 5.41) is 6.51. The number of amides is 1. The van der Waals surface area contributed by atoms with Crippen LogP contribution in [0.2, 0.25) is 5.02 Å². The number of nitrogens with one attached hydrogen (secondary N) is 2. The van der Waals surface area contributed by atoms with Crippen molar-refractivity contribution in [2.75, 3.05) is 17.7 Å². The van der Waals surface area contributed by atoms with Gasteiger partial charge in [-0.25, -0.2) is 4.98 Å². The molecule has 3 rings (SSSR count). The van der Waals surface area contributed by atoms with Crippen LogP contribution in [0.25, 0.3) is 10.4 Å². The fourth-order valence-electron chi connectivity index (χ4n) is 2.40. The van der Waals surface area contributed by atoms with Gasteiger partial charge in [-0.3, -0.25) is 4.79 Å². The van der Waals surface area contributed by atoms with E-state index in [0.717, 1.165) is 14.2 Å². The van der Waals surface area contributed by atoms with Crippen molar-refractivity contribution in [1.29, 1.82) is 0 Å². The first-order valence-corrected chi connectivity index (χ1v) is 9.48. The Morgan fingerprint density at radius 3 is 2.52 bits per heavy atom. The van der Waals surface area contributed by atoms with Gasteiger partial charge < -0.3 is 10.6 Å². The molecule has 2 heterocycles. The van der Waals surface area contributed by atoms with Crippen LogP contribution in [-0.4, -0.2) is 17.9 Å². The Morgan fingerprint density at radius 2 is 1.92 bits per heavy atom. The number of aromatic nitrogens is 1. The average Bonchev–Trinajstić information content (AvgIpc) is 2.93. The van der Waals surface area contributed by atoms with Crippen molar-refractivity contribution >= 4 is 56.4 Å². The standard InChI is InChI=1S/C18H15BrClN3OS/c1-10-9-14(19)25-16(10)13-7-8-15(22-17(13)21-2)23-18(24)11-3-5-12(20)6-4-11/h3-9H,1-2H3,(H2,21,22,23,24). The summed E-state index contributed by atoms with van der Waals surface area (Å²) in [5.41, 5.74) is 2.70. The van der Waals surface area contributed by atoms with Gasteiger partial charge >= 0.3 is 0 Å². The normalized spacial score (nSPS) is 10.6. The Balaban J connectivity index is 1.87. The largest absolute Gasteiger partial charge is 0.373 e. The average molecular weight is 437 g/mol. The van der Waals surface area contributed by atoms with Gasteiger partial charge in [-0.2, -0.15) is 0 Å². The molecule has 0 saturated carbocycles. The minimum Gasteiger partial charge on any atom is -0.373 e. The van der Waals surface area contributed by atoms with Gasteiger partial charge in [-0.1, -0.05) is 11.6 Å². The zero-order chi connectivity index (χ0) is 18.0. The molecule has 0 fully saturated rings. The highest BCUT2D eigenvalue weighted by atomic mass is 79.9. The zero-order valence-electron chi connectivity index (χ0n) is 13.6. The summed E-state index contributed by atoms with van der Waals surface area (Å²) in [6, 6.07) is 12.6. The topological polar surface area (TPSA) is 54.0 Å². The van der Waals surface area contributed by atoms with Gasteiger partial charge in [0.05, 0.1) is 3.79 Å². The first kappa shape index (κ1) is 17.9. The summed E-state index contributed by atoms with van der Waals surface area (Å²) in [6.45, 7) is 2.06. The summed E-state index contributed by atoms with van der Waals surface area (Å²) >= 11 is 11.0. The van der Waals surface area contributed by atoms with Gasteiger partial charge in [0, 0.05) is 28.1 Å². The van der Waals surface area contributed by atoms with Crippen molar-refractivity contribution in [2.45, 2.75) is 6.92 Å². The predicted octanol–water partition coefficient (Wildman–Crippen LogP) is 5.83. The number of hydrogen-bond donors (Lipinski definition) is 2. The number of benzene rings is 1. The molecule has 3 aromatic rings. The van der Waals surface area contributed by atoms with Crippen LogP contribution in [0.5, 0.6) is 0 Å². The van der Waals surface area contributed by atoms with E-state index in [0.29, 0.717) is 22.2 Å². The third kappa shape index (κ3) is 4.03. The van der Waals surface area contributed by atoms with E-state index in [-0.39, 0.29) is 5.91 Å². The van der Waals surface area contributed by atoms with Gasteiger partial charge in [0.15, 0.2) is 0 Å². The Bertz CT molecular complexity index is 925. The van der Waals surface area contributed by atoms with E-state index >= 15 is 0 Å². The quantitative estimate of drug-likeness (QED) is 0.541. The monoisotopic (exact) mass is 435 g/mol. The highest BCUT2D eigenvalue weighted by molar-refractivity contribution is 9.11. The van der Waals surface area contributed by atoms with Gasteiger partial charge in [0.25, 0.3) is 5.91 Å². The summed E-state index contributed by atoms with van der Waals surface area (Å²) in [4.78, 5) is 18.0. The molecule has 0 aliphatic rings. The number of anilines is 2. The fourth-order valence-corrected chi connectivity index (χ4v) is 4.28. The Morgan fingerprint density at radius 1 is 1.20 bits per heavy atom. The number of thiophene rings is 1. The maximum absolute atomic E-state index is 12.3. The van der Waals surface area contributed by atoms with Crippen molar-refractivity contribution < 1.29 is 4.79 Å². The lowest BCUT2D eigenvalue weighted by atomic mass is 10.1. The van der Waals surface area contributed by atoms with E-state index in [2.05, 4.69) is 44.5 Å². The maximum atomic E-state index is 12.3. The zero-order valence-corrected chi connectivity index (χ0v) is 16.7. The summed E-state index contributed by atoms with van der Waals surface area (Å²) in [5.74, 6) is 0.974. The molecule has 0 spiro atoms. The van der Waals surface area contributed by atoms with Crippen LogP contribution in [0.15, 0.2) is 46.3 Å². The second-order valence-electron chi connectivity index (χ2n) is 5.37. The molecule has 0 aliphatic heterocycles.